The summed E-state index contributed by atoms with van der Waals surface area (Å²) < 4.78 is 0. The van der Waals surface area contributed by atoms with Crippen LogP contribution in [0.2, 0.25) is 0 Å². The lowest BCUT2D eigenvalue weighted by Gasteiger charge is -2.13. The minimum Gasteiger partial charge on any atom is -0.378 e. The number of rotatable bonds is 3. The molecule has 0 atom stereocenters. The topological polar surface area (TPSA) is 18.5 Å². The number of anilines is 3. The highest BCUT2D eigenvalue weighted by Gasteiger charge is 2.15. The Kier molecular flexibility index (Phi) is 3.36. The van der Waals surface area contributed by atoms with E-state index in [1.807, 2.05) is 0 Å². The SMILES string of the molecule is CN1Cc2ccc(Nc3ccc(N(C)C)cc3)cc2C1. The average Bonchev–Trinajstić information content (AvgIpc) is 2.78. The maximum absolute atomic E-state index is 3.48. The summed E-state index contributed by atoms with van der Waals surface area (Å²) in [5, 5.41) is 3.48. The molecule has 0 fully saturated rings. The lowest BCUT2D eigenvalue weighted by atomic mass is 10.1. The van der Waals surface area contributed by atoms with Crippen LogP contribution in [0.25, 0.3) is 0 Å². The second kappa shape index (κ2) is 5.17. The molecule has 104 valence electrons. The van der Waals surface area contributed by atoms with Crippen LogP contribution in [0.1, 0.15) is 11.1 Å². The molecule has 3 heteroatoms. The van der Waals surface area contributed by atoms with Crippen molar-refractivity contribution in [2.24, 2.45) is 0 Å². The summed E-state index contributed by atoms with van der Waals surface area (Å²) in [6.07, 6.45) is 0. The van der Waals surface area contributed by atoms with Gasteiger partial charge in [-0.25, -0.2) is 0 Å². The first-order chi connectivity index (χ1) is 9.61. The molecule has 0 saturated carbocycles. The van der Waals surface area contributed by atoms with E-state index < -0.39 is 0 Å². The first-order valence-corrected chi connectivity index (χ1v) is 6.96. The van der Waals surface area contributed by atoms with E-state index in [0.29, 0.717) is 0 Å². The number of hydrogen-bond acceptors (Lipinski definition) is 3. The third-order valence-electron chi connectivity index (χ3n) is 3.76. The molecule has 0 aromatic heterocycles. The van der Waals surface area contributed by atoms with Gasteiger partial charge in [0.05, 0.1) is 0 Å². The van der Waals surface area contributed by atoms with Gasteiger partial charge in [0.1, 0.15) is 0 Å². The summed E-state index contributed by atoms with van der Waals surface area (Å²) in [4.78, 5) is 4.44. The minimum absolute atomic E-state index is 1.05. The van der Waals surface area contributed by atoms with Crippen LogP contribution in [-0.2, 0) is 13.1 Å². The number of benzene rings is 2. The second-order valence-corrected chi connectivity index (χ2v) is 5.72. The minimum atomic E-state index is 1.05. The van der Waals surface area contributed by atoms with Gasteiger partial charge < -0.3 is 10.2 Å². The highest BCUT2D eigenvalue weighted by atomic mass is 15.1. The van der Waals surface area contributed by atoms with Crippen LogP contribution in [-0.4, -0.2) is 26.0 Å². The van der Waals surface area contributed by atoms with Crippen LogP contribution in [0.5, 0.6) is 0 Å². The third-order valence-corrected chi connectivity index (χ3v) is 3.76. The van der Waals surface area contributed by atoms with E-state index in [4.69, 9.17) is 0 Å². The van der Waals surface area contributed by atoms with Crippen LogP contribution < -0.4 is 10.2 Å². The zero-order valence-corrected chi connectivity index (χ0v) is 12.4. The number of fused-ring (bicyclic) bond motifs is 1. The molecule has 1 N–H and O–H groups in total. The van der Waals surface area contributed by atoms with Gasteiger partial charge in [-0.3, -0.25) is 4.90 Å². The van der Waals surface area contributed by atoms with Gasteiger partial charge in [0.15, 0.2) is 0 Å². The summed E-state index contributed by atoms with van der Waals surface area (Å²) in [5.74, 6) is 0. The third kappa shape index (κ3) is 2.63. The van der Waals surface area contributed by atoms with Crippen molar-refractivity contribution in [1.82, 2.24) is 4.90 Å². The van der Waals surface area contributed by atoms with Crippen LogP contribution in [0.15, 0.2) is 42.5 Å². The van der Waals surface area contributed by atoms with E-state index in [1.54, 1.807) is 0 Å². The average molecular weight is 267 g/mol. The molecule has 0 bridgehead atoms. The van der Waals surface area contributed by atoms with Crippen molar-refractivity contribution in [2.45, 2.75) is 13.1 Å². The van der Waals surface area contributed by atoms with Crippen molar-refractivity contribution in [2.75, 3.05) is 31.4 Å². The van der Waals surface area contributed by atoms with E-state index in [0.717, 1.165) is 24.5 Å². The molecule has 3 rings (SSSR count). The predicted molar refractivity (Wildman–Crippen MR) is 85.7 cm³/mol. The molecule has 0 radical (unpaired) electrons. The van der Waals surface area contributed by atoms with Gasteiger partial charge in [0, 0.05) is 44.2 Å². The lowest BCUT2D eigenvalue weighted by Crippen LogP contribution is -2.08. The van der Waals surface area contributed by atoms with Crippen molar-refractivity contribution < 1.29 is 0 Å². The molecule has 0 amide bonds. The molecule has 1 aliphatic rings. The monoisotopic (exact) mass is 267 g/mol. The van der Waals surface area contributed by atoms with Crippen LogP contribution in [0.3, 0.4) is 0 Å². The Balaban J connectivity index is 1.76. The van der Waals surface area contributed by atoms with Crippen molar-refractivity contribution in [3.63, 3.8) is 0 Å². The van der Waals surface area contributed by atoms with Crippen molar-refractivity contribution in [3.8, 4) is 0 Å². The first-order valence-electron chi connectivity index (χ1n) is 6.96. The number of nitrogens with zero attached hydrogens (tertiary/aromatic N) is 2. The Morgan fingerprint density at radius 2 is 1.55 bits per heavy atom. The standard InChI is InChI=1S/C17H21N3/c1-19(2)17-8-6-15(7-9-17)18-16-5-4-13-11-20(3)12-14(13)10-16/h4-10,18H,11-12H2,1-3H3. The Morgan fingerprint density at radius 1 is 0.900 bits per heavy atom. The molecule has 0 unspecified atom stereocenters. The summed E-state index contributed by atoms with van der Waals surface area (Å²) in [6.45, 7) is 2.11. The van der Waals surface area contributed by atoms with Gasteiger partial charge in [0.25, 0.3) is 0 Å². The molecule has 0 spiro atoms. The molecule has 2 aromatic rings. The van der Waals surface area contributed by atoms with Crippen molar-refractivity contribution >= 4 is 17.1 Å². The van der Waals surface area contributed by atoms with E-state index >= 15 is 0 Å². The zero-order valence-electron chi connectivity index (χ0n) is 12.4. The van der Waals surface area contributed by atoms with E-state index in [-0.39, 0.29) is 0 Å². The van der Waals surface area contributed by atoms with Gasteiger partial charge in [-0.15, -0.1) is 0 Å². The van der Waals surface area contributed by atoms with Crippen LogP contribution in [0.4, 0.5) is 17.1 Å². The summed E-state index contributed by atoms with van der Waals surface area (Å²) in [6, 6.07) is 15.2. The van der Waals surface area contributed by atoms with E-state index in [9.17, 15) is 0 Å². The fourth-order valence-corrected chi connectivity index (χ4v) is 2.65. The highest BCUT2D eigenvalue weighted by molar-refractivity contribution is 5.64. The molecule has 20 heavy (non-hydrogen) atoms. The quantitative estimate of drug-likeness (QED) is 0.919. The normalized spacial score (nSPS) is 14.2. The Morgan fingerprint density at radius 3 is 2.25 bits per heavy atom. The maximum Gasteiger partial charge on any atom is 0.0387 e. The second-order valence-electron chi connectivity index (χ2n) is 5.72. The van der Waals surface area contributed by atoms with E-state index in [2.05, 4.69) is 78.7 Å². The van der Waals surface area contributed by atoms with E-state index in [1.165, 1.54) is 16.8 Å². The lowest BCUT2D eigenvalue weighted by molar-refractivity contribution is 0.353. The van der Waals surface area contributed by atoms with Crippen molar-refractivity contribution in [1.29, 1.82) is 0 Å². The predicted octanol–water partition coefficient (Wildman–Crippen LogP) is 3.44. The van der Waals surface area contributed by atoms with Gasteiger partial charge in [0.2, 0.25) is 0 Å². The highest BCUT2D eigenvalue weighted by Crippen LogP contribution is 2.26. The van der Waals surface area contributed by atoms with Crippen LogP contribution in [0, 0.1) is 0 Å². The largest absolute Gasteiger partial charge is 0.378 e. The zero-order chi connectivity index (χ0) is 14.1. The van der Waals surface area contributed by atoms with Crippen molar-refractivity contribution in [3.05, 3.63) is 53.6 Å². The molecule has 1 aliphatic heterocycles. The first kappa shape index (κ1) is 13.0. The molecule has 3 nitrogen and oxygen atoms in total. The fourth-order valence-electron chi connectivity index (χ4n) is 2.65. The van der Waals surface area contributed by atoms with Gasteiger partial charge in [-0.05, 0) is 54.6 Å². The molecule has 1 heterocycles. The fraction of sp³-hybridized carbons (Fsp3) is 0.294. The Bertz CT molecular complexity index is 602. The Labute approximate surface area is 120 Å². The maximum atomic E-state index is 3.48. The molecular weight excluding hydrogens is 246 g/mol. The Hall–Kier alpha value is -2.00. The van der Waals surface area contributed by atoms with Gasteiger partial charge in [-0.2, -0.15) is 0 Å². The molecule has 2 aromatic carbocycles. The molecule has 0 saturated heterocycles. The van der Waals surface area contributed by atoms with Crippen LogP contribution >= 0.6 is 0 Å². The smallest absolute Gasteiger partial charge is 0.0387 e. The molecule has 0 aliphatic carbocycles. The number of nitrogens with one attached hydrogen (secondary N) is 1. The van der Waals surface area contributed by atoms with Gasteiger partial charge in [-0.1, -0.05) is 6.07 Å². The summed E-state index contributed by atoms with van der Waals surface area (Å²) >= 11 is 0. The van der Waals surface area contributed by atoms with Gasteiger partial charge >= 0.3 is 0 Å². The molecular formula is C17H21N3. The summed E-state index contributed by atoms with van der Waals surface area (Å²) in [7, 11) is 6.27. The number of hydrogen-bond donors (Lipinski definition) is 1. The summed E-state index contributed by atoms with van der Waals surface area (Å²) in [5.41, 5.74) is 6.38.